The second-order valence-corrected chi connectivity index (χ2v) is 5.10. The predicted octanol–water partition coefficient (Wildman–Crippen LogP) is 2.72. The molecule has 7 heteroatoms. The van der Waals surface area contributed by atoms with E-state index in [4.69, 9.17) is 5.11 Å². The van der Waals surface area contributed by atoms with Crippen molar-refractivity contribution < 1.29 is 19.6 Å². The summed E-state index contributed by atoms with van der Waals surface area (Å²) in [5.74, 6) is -0.296. The molecule has 1 aliphatic rings. The van der Waals surface area contributed by atoms with E-state index in [2.05, 4.69) is 0 Å². The van der Waals surface area contributed by atoms with E-state index in [9.17, 15) is 19.7 Å². The summed E-state index contributed by atoms with van der Waals surface area (Å²) in [6.07, 6.45) is 3.43. The molecule has 22 heavy (non-hydrogen) atoms. The molecular weight excluding hydrogens is 288 g/mol. The number of amides is 1. The van der Waals surface area contributed by atoms with Gasteiger partial charge in [-0.05, 0) is 30.9 Å². The maximum atomic E-state index is 12.1. The molecule has 0 spiro atoms. The molecule has 0 saturated carbocycles. The monoisotopic (exact) mass is 304 g/mol. The molecule has 1 saturated heterocycles. The summed E-state index contributed by atoms with van der Waals surface area (Å²) in [7, 11) is 0. The molecule has 116 valence electrons. The van der Waals surface area contributed by atoms with Gasteiger partial charge in [0, 0.05) is 19.2 Å². The summed E-state index contributed by atoms with van der Waals surface area (Å²) >= 11 is 0. The van der Waals surface area contributed by atoms with Crippen LogP contribution in [0.4, 0.5) is 10.5 Å². The van der Waals surface area contributed by atoms with E-state index in [0.29, 0.717) is 25.9 Å². The Labute approximate surface area is 127 Å². The molecule has 1 fully saturated rings. The van der Waals surface area contributed by atoms with Gasteiger partial charge < -0.3 is 10.0 Å². The fourth-order valence-corrected chi connectivity index (χ4v) is 2.44. The van der Waals surface area contributed by atoms with Crippen molar-refractivity contribution in [2.45, 2.75) is 12.8 Å². The number of nitrogens with zero attached hydrogens (tertiary/aromatic N) is 2. The maximum Gasteiger partial charge on any atom is 0.407 e. The molecular formula is C15H16N2O5. The van der Waals surface area contributed by atoms with E-state index < -0.39 is 16.8 Å². The van der Waals surface area contributed by atoms with Gasteiger partial charge >= 0.3 is 6.09 Å². The van der Waals surface area contributed by atoms with Gasteiger partial charge in [0.05, 0.1) is 10.5 Å². The molecule has 0 aliphatic carbocycles. The van der Waals surface area contributed by atoms with Crippen molar-refractivity contribution in [1.29, 1.82) is 0 Å². The lowest BCUT2D eigenvalue weighted by molar-refractivity contribution is -0.385. The van der Waals surface area contributed by atoms with Crippen LogP contribution in [0.1, 0.15) is 23.2 Å². The van der Waals surface area contributed by atoms with Crippen molar-refractivity contribution in [2.75, 3.05) is 13.1 Å². The lowest BCUT2D eigenvalue weighted by Gasteiger charge is -2.28. The summed E-state index contributed by atoms with van der Waals surface area (Å²) in [4.78, 5) is 34.6. The molecule has 2 rings (SSSR count). The third kappa shape index (κ3) is 3.69. The third-order valence-electron chi connectivity index (χ3n) is 3.70. The van der Waals surface area contributed by atoms with E-state index in [-0.39, 0.29) is 17.2 Å². The molecule has 0 radical (unpaired) electrons. The molecule has 7 nitrogen and oxygen atoms in total. The minimum absolute atomic E-state index is 0.0618. The minimum Gasteiger partial charge on any atom is -0.465 e. The van der Waals surface area contributed by atoms with Crippen molar-refractivity contribution in [3.05, 3.63) is 52.1 Å². The summed E-state index contributed by atoms with van der Waals surface area (Å²) in [6, 6.07) is 5.82. The summed E-state index contributed by atoms with van der Waals surface area (Å²) in [5.41, 5.74) is -0.149. The van der Waals surface area contributed by atoms with Crippen LogP contribution in [0.25, 0.3) is 0 Å². The SMILES string of the molecule is O=C(/C=C/C1CCN(C(=O)O)CC1)c1ccccc1[N+](=O)[O-]. The number of rotatable bonds is 4. The fourth-order valence-electron chi connectivity index (χ4n) is 2.44. The molecule has 0 atom stereocenters. The molecule has 0 bridgehead atoms. The Morgan fingerprint density at radius 3 is 2.50 bits per heavy atom. The van der Waals surface area contributed by atoms with Crippen LogP contribution in [0, 0.1) is 16.0 Å². The van der Waals surface area contributed by atoms with Crippen molar-refractivity contribution >= 4 is 17.6 Å². The fraction of sp³-hybridized carbons (Fsp3) is 0.333. The highest BCUT2D eigenvalue weighted by molar-refractivity contribution is 6.07. The van der Waals surface area contributed by atoms with Crippen LogP contribution in [0.15, 0.2) is 36.4 Å². The number of carboxylic acid groups (broad SMARTS) is 1. The van der Waals surface area contributed by atoms with Crippen molar-refractivity contribution in [3.63, 3.8) is 0 Å². The number of likely N-dealkylation sites (tertiary alicyclic amines) is 1. The van der Waals surface area contributed by atoms with E-state index in [1.165, 1.54) is 29.2 Å². The normalized spacial score (nSPS) is 15.9. The highest BCUT2D eigenvalue weighted by atomic mass is 16.6. The number of nitro groups is 1. The van der Waals surface area contributed by atoms with Gasteiger partial charge in [0.1, 0.15) is 0 Å². The van der Waals surface area contributed by atoms with Crippen LogP contribution < -0.4 is 0 Å². The van der Waals surface area contributed by atoms with Crippen LogP contribution in [-0.4, -0.2) is 39.9 Å². The number of ketones is 1. The maximum absolute atomic E-state index is 12.1. The van der Waals surface area contributed by atoms with Gasteiger partial charge in [0.2, 0.25) is 0 Å². The van der Waals surface area contributed by atoms with Gasteiger partial charge in [-0.1, -0.05) is 18.2 Å². The molecule has 0 unspecified atom stereocenters. The zero-order valence-electron chi connectivity index (χ0n) is 11.8. The van der Waals surface area contributed by atoms with Crippen LogP contribution in [0.5, 0.6) is 0 Å². The van der Waals surface area contributed by atoms with E-state index in [1.807, 2.05) is 0 Å². The Hall–Kier alpha value is -2.70. The first-order valence-electron chi connectivity index (χ1n) is 6.93. The molecule has 1 amide bonds. The average Bonchev–Trinajstić information content (AvgIpc) is 2.53. The van der Waals surface area contributed by atoms with Crippen LogP contribution in [0.2, 0.25) is 0 Å². The molecule has 0 aromatic heterocycles. The van der Waals surface area contributed by atoms with Gasteiger partial charge in [0.25, 0.3) is 5.69 Å². The zero-order valence-corrected chi connectivity index (χ0v) is 11.8. The number of piperidine rings is 1. The lowest BCUT2D eigenvalue weighted by Crippen LogP contribution is -2.37. The van der Waals surface area contributed by atoms with Gasteiger partial charge in [-0.25, -0.2) is 4.79 Å². The summed E-state index contributed by atoms with van der Waals surface area (Å²) in [6.45, 7) is 0.869. The first kappa shape index (κ1) is 15.7. The zero-order chi connectivity index (χ0) is 16.1. The lowest BCUT2D eigenvalue weighted by atomic mass is 9.95. The van der Waals surface area contributed by atoms with Gasteiger partial charge in [0.15, 0.2) is 5.78 Å². The number of para-hydroxylation sites is 1. The summed E-state index contributed by atoms with van der Waals surface area (Å²) < 4.78 is 0. The Balaban J connectivity index is 2.01. The van der Waals surface area contributed by atoms with Gasteiger partial charge in [-0.3, -0.25) is 14.9 Å². The van der Waals surface area contributed by atoms with Crippen LogP contribution >= 0.6 is 0 Å². The van der Waals surface area contributed by atoms with E-state index >= 15 is 0 Å². The van der Waals surface area contributed by atoms with Crippen molar-refractivity contribution in [1.82, 2.24) is 4.90 Å². The van der Waals surface area contributed by atoms with Crippen LogP contribution in [0.3, 0.4) is 0 Å². The summed E-state index contributed by atoms with van der Waals surface area (Å²) in [5, 5.41) is 19.8. The Morgan fingerprint density at radius 1 is 1.27 bits per heavy atom. The second-order valence-electron chi connectivity index (χ2n) is 5.10. The molecule has 1 N–H and O–H groups in total. The number of carbonyl (C=O) groups is 2. The highest BCUT2D eigenvalue weighted by Gasteiger charge is 2.21. The Bertz CT molecular complexity index is 618. The number of nitro benzene ring substituents is 1. The average molecular weight is 304 g/mol. The second kappa shape index (κ2) is 6.84. The first-order chi connectivity index (χ1) is 10.5. The van der Waals surface area contributed by atoms with Crippen molar-refractivity contribution in [3.8, 4) is 0 Å². The predicted molar refractivity (Wildman–Crippen MR) is 78.9 cm³/mol. The number of hydrogen-bond acceptors (Lipinski definition) is 4. The topological polar surface area (TPSA) is 101 Å². The quantitative estimate of drug-likeness (QED) is 0.399. The smallest absolute Gasteiger partial charge is 0.407 e. The molecule has 1 heterocycles. The molecule has 1 aromatic rings. The minimum atomic E-state index is -0.932. The molecule has 1 aliphatic heterocycles. The van der Waals surface area contributed by atoms with E-state index in [1.54, 1.807) is 12.1 Å². The Morgan fingerprint density at radius 2 is 1.91 bits per heavy atom. The number of carbonyl (C=O) groups excluding carboxylic acids is 1. The first-order valence-corrected chi connectivity index (χ1v) is 6.93. The molecule has 1 aromatic carbocycles. The third-order valence-corrected chi connectivity index (χ3v) is 3.70. The standard InChI is InChI=1S/C15H16N2O5/c18-14(12-3-1-2-4-13(12)17(21)22)6-5-11-7-9-16(10-8-11)15(19)20/h1-6,11H,7-10H2,(H,19,20)/b6-5+. The van der Waals surface area contributed by atoms with Gasteiger partial charge in [-0.2, -0.15) is 0 Å². The highest BCUT2D eigenvalue weighted by Crippen LogP contribution is 2.21. The number of benzene rings is 1. The van der Waals surface area contributed by atoms with Crippen molar-refractivity contribution in [2.24, 2.45) is 5.92 Å². The Kier molecular flexibility index (Phi) is 4.88. The van der Waals surface area contributed by atoms with Crippen LogP contribution in [-0.2, 0) is 0 Å². The number of allylic oxidation sites excluding steroid dienone is 2. The largest absolute Gasteiger partial charge is 0.465 e. The van der Waals surface area contributed by atoms with Gasteiger partial charge in [-0.15, -0.1) is 0 Å². The number of hydrogen-bond donors (Lipinski definition) is 1. The van der Waals surface area contributed by atoms with E-state index in [0.717, 1.165) is 0 Å².